The molecule has 5 nitrogen and oxygen atoms in total. The molecule has 152 valence electrons. The van der Waals surface area contributed by atoms with Gasteiger partial charge in [0.15, 0.2) is 6.29 Å². The molecule has 1 aromatic carbocycles. The Morgan fingerprint density at radius 3 is 2.52 bits per heavy atom. The largest absolute Gasteiger partial charge is 0.490 e. The van der Waals surface area contributed by atoms with Crippen LogP contribution in [0.1, 0.15) is 81.5 Å². The lowest BCUT2D eigenvalue weighted by molar-refractivity contribution is -0.162. The third-order valence-electron chi connectivity index (χ3n) is 4.90. The molecule has 1 saturated heterocycles. The first-order valence-electron chi connectivity index (χ1n) is 10.4. The number of rotatable bonds is 13. The standard InChI is InChI=1S/C22H34O5/c1-2-3-4-9-19(27-20-14-12-18(13-15-20)22(23)24)10-5-7-16-25-21-11-6-8-17-26-21/h12-15,19,21H,2-11,16-17H2,1H3,(H,23,24). The fourth-order valence-corrected chi connectivity index (χ4v) is 3.28. The van der Waals surface area contributed by atoms with Crippen molar-refractivity contribution in [2.24, 2.45) is 0 Å². The fourth-order valence-electron chi connectivity index (χ4n) is 3.28. The number of hydrogen-bond acceptors (Lipinski definition) is 4. The summed E-state index contributed by atoms with van der Waals surface area (Å²) in [4.78, 5) is 11.0. The Morgan fingerprint density at radius 1 is 1.15 bits per heavy atom. The number of carboxylic acids is 1. The van der Waals surface area contributed by atoms with E-state index >= 15 is 0 Å². The van der Waals surface area contributed by atoms with Crippen LogP contribution in [0.3, 0.4) is 0 Å². The van der Waals surface area contributed by atoms with Crippen molar-refractivity contribution in [3.05, 3.63) is 29.8 Å². The van der Waals surface area contributed by atoms with Gasteiger partial charge in [-0.2, -0.15) is 0 Å². The van der Waals surface area contributed by atoms with Crippen LogP contribution in [0.15, 0.2) is 24.3 Å². The van der Waals surface area contributed by atoms with E-state index in [2.05, 4.69) is 6.92 Å². The van der Waals surface area contributed by atoms with Crippen LogP contribution in [0.5, 0.6) is 5.75 Å². The second kappa shape index (κ2) is 12.7. The highest BCUT2D eigenvalue weighted by Crippen LogP contribution is 2.20. The predicted molar refractivity (Wildman–Crippen MR) is 105 cm³/mol. The van der Waals surface area contributed by atoms with Gasteiger partial charge < -0.3 is 19.3 Å². The van der Waals surface area contributed by atoms with Gasteiger partial charge in [0.05, 0.1) is 11.7 Å². The van der Waals surface area contributed by atoms with Crippen molar-refractivity contribution in [3.8, 4) is 5.75 Å². The average molecular weight is 379 g/mol. The Kier molecular flexibility index (Phi) is 10.2. The van der Waals surface area contributed by atoms with E-state index in [1.807, 2.05) is 0 Å². The van der Waals surface area contributed by atoms with E-state index in [1.165, 1.54) is 19.3 Å². The second-order valence-corrected chi connectivity index (χ2v) is 7.23. The molecule has 5 heteroatoms. The summed E-state index contributed by atoms with van der Waals surface area (Å²) in [6.45, 7) is 3.75. The molecule has 2 rings (SSSR count). The molecule has 1 heterocycles. The third-order valence-corrected chi connectivity index (χ3v) is 4.90. The number of ether oxygens (including phenoxy) is 3. The van der Waals surface area contributed by atoms with Gasteiger partial charge in [-0.3, -0.25) is 0 Å². The first-order valence-corrected chi connectivity index (χ1v) is 10.4. The summed E-state index contributed by atoms with van der Waals surface area (Å²) >= 11 is 0. The molecule has 0 radical (unpaired) electrons. The molecule has 1 N–H and O–H groups in total. The number of benzene rings is 1. The number of hydrogen-bond donors (Lipinski definition) is 1. The second-order valence-electron chi connectivity index (χ2n) is 7.23. The van der Waals surface area contributed by atoms with Crippen molar-refractivity contribution in [2.45, 2.75) is 83.5 Å². The molecule has 27 heavy (non-hydrogen) atoms. The molecule has 1 aliphatic heterocycles. The van der Waals surface area contributed by atoms with E-state index in [0.29, 0.717) is 0 Å². The first-order chi connectivity index (χ1) is 13.2. The normalized spacial score (nSPS) is 18.2. The minimum Gasteiger partial charge on any atom is -0.490 e. The number of aromatic carboxylic acids is 1. The quantitative estimate of drug-likeness (QED) is 0.464. The Bertz CT molecular complexity index is 522. The summed E-state index contributed by atoms with van der Waals surface area (Å²) in [6.07, 6.45) is 11.1. The molecular weight excluding hydrogens is 344 g/mol. The maximum atomic E-state index is 11.0. The van der Waals surface area contributed by atoms with Crippen LogP contribution in [0.2, 0.25) is 0 Å². The SMILES string of the molecule is CCCCCC(CCCCOC1CCCCO1)Oc1ccc(C(=O)O)cc1. The average Bonchev–Trinajstić information content (AvgIpc) is 2.69. The topological polar surface area (TPSA) is 65.0 Å². The van der Waals surface area contributed by atoms with Crippen molar-refractivity contribution in [1.82, 2.24) is 0 Å². The van der Waals surface area contributed by atoms with Gasteiger partial charge in [-0.1, -0.05) is 19.8 Å². The molecule has 0 spiro atoms. The molecular formula is C22H34O5. The molecule has 0 aromatic heterocycles. The van der Waals surface area contributed by atoms with Crippen LogP contribution in [0.4, 0.5) is 0 Å². The minimum absolute atomic E-state index is 0.0110. The maximum Gasteiger partial charge on any atom is 0.335 e. The minimum atomic E-state index is -0.914. The molecule has 1 aromatic rings. The van der Waals surface area contributed by atoms with Gasteiger partial charge in [0.2, 0.25) is 0 Å². The van der Waals surface area contributed by atoms with Crippen molar-refractivity contribution >= 4 is 5.97 Å². The van der Waals surface area contributed by atoms with Crippen molar-refractivity contribution in [1.29, 1.82) is 0 Å². The van der Waals surface area contributed by atoms with Gasteiger partial charge in [-0.25, -0.2) is 4.79 Å². The predicted octanol–water partition coefficient (Wildman–Crippen LogP) is 5.43. The zero-order chi connectivity index (χ0) is 19.3. The monoisotopic (exact) mass is 378 g/mol. The Balaban J connectivity index is 1.72. The molecule has 0 aliphatic carbocycles. The highest BCUT2D eigenvalue weighted by molar-refractivity contribution is 5.87. The fraction of sp³-hybridized carbons (Fsp3) is 0.682. The first kappa shape index (κ1) is 21.7. The van der Waals surface area contributed by atoms with Crippen molar-refractivity contribution < 1.29 is 24.1 Å². The van der Waals surface area contributed by atoms with Crippen LogP contribution in [0.25, 0.3) is 0 Å². The van der Waals surface area contributed by atoms with E-state index < -0.39 is 5.97 Å². The zero-order valence-corrected chi connectivity index (χ0v) is 16.5. The maximum absolute atomic E-state index is 11.0. The van der Waals surface area contributed by atoms with Gasteiger partial charge in [0.25, 0.3) is 0 Å². The Morgan fingerprint density at radius 2 is 1.89 bits per heavy atom. The molecule has 2 atom stereocenters. The van der Waals surface area contributed by atoms with E-state index in [1.54, 1.807) is 24.3 Å². The van der Waals surface area contributed by atoms with Gasteiger partial charge in [-0.15, -0.1) is 0 Å². The highest BCUT2D eigenvalue weighted by atomic mass is 16.7. The van der Waals surface area contributed by atoms with Gasteiger partial charge in [0, 0.05) is 13.2 Å². The Hall–Kier alpha value is -1.59. The lowest BCUT2D eigenvalue weighted by Gasteiger charge is -2.23. The Labute approximate surface area is 163 Å². The lowest BCUT2D eigenvalue weighted by Crippen LogP contribution is -2.23. The van der Waals surface area contributed by atoms with Gasteiger partial charge in [-0.05, 0) is 75.6 Å². The molecule has 0 saturated carbocycles. The molecule has 1 aliphatic rings. The van der Waals surface area contributed by atoms with E-state index in [4.69, 9.17) is 19.3 Å². The van der Waals surface area contributed by atoms with E-state index in [0.717, 1.165) is 63.9 Å². The van der Waals surface area contributed by atoms with Crippen LogP contribution >= 0.6 is 0 Å². The van der Waals surface area contributed by atoms with Gasteiger partial charge in [0.1, 0.15) is 5.75 Å². The van der Waals surface area contributed by atoms with Crippen LogP contribution in [0, 0.1) is 0 Å². The molecule has 0 bridgehead atoms. The molecule has 1 fully saturated rings. The van der Waals surface area contributed by atoms with E-state index in [9.17, 15) is 4.79 Å². The third kappa shape index (κ3) is 8.76. The van der Waals surface area contributed by atoms with Crippen molar-refractivity contribution in [3.63, 3.8) is 0 Å². The number of carbonyl (C=O) groups is 1. The summed E-state index contributed by atoms with van der Waals surface area (Å²) in [7, 11) is 0. The lowest BCUT2D eigenvalue weighted by atomic mass is 10.0. The zero-order valence-electron chi connectivity index (χ0n) is 16.5. The van der Waals surface area contributed by atoms with E-state index in [-0.39, 0.29) is 18.0 Å². The summed E-state index contributed by atoms with van der Waals surface area (Å²) in [6, 6.07) is 6.69. The van der Waals surface area contributed by atoms with Crippen LogP contribution < -0.4 is 4.74 Å². The summed E-state index contributed by atoms with van der Waals surface area (Å²) in [5.41, 5.74) is 0.284. The number of unbranched alkanes of at least 4 members (excludes halogenated alkanes) is 3. The highest BCUT2D eigenvalue weighted by Gasteiger charge is 2.14. The summed E-state index contributed by atoms with van der Waals surface area (Å²) in [5.74, 6) is -0.170. The molecule has 0 amide bonds. The van der Waals surface area contributed by atoms with Crippen LogP contribution in [-0.2, 0) is 9.47 Å². The van der Waals surface area contributed by atoms with Crippen molar-refractivity contribution in [2.75, 3.05) is 13.2 Å². The smallest absolute Gasteiger partial charge is 0.335 e. The van der Waals surface area contributed by atoms with Gasteiger partial charge >= 0.3 is 5.97 Å². The molecule has 2 unspecified atom stereocenters. The summed E-state index contributed by atoms with van der Waals surface area (Å²) < 4.78 is 17.5. The number of carboxylic acid groups (broad SMARTS) is 1. The van der Waals surface area contributed by atoms with Crippen LogP contribution in [-0.4, -0.2) is 36.7 Å². The summed E-state index contributed by atoms with van der Waals surface area (Å²) in [5, 5.41) is 9.00.